The highest BCUT2D eigenvalue weighted by atomic mass is 32.2. The van der Waals surface area contributed by atoms with Crippen LogP contribution < -0.4 is 10.5 Å². The van der Waals surface area contributed by atoms with Crippen molar-refractivity contribution in [2.75, 3.05) is 11.9 Å². The molecule has 0 saturated heterocycles. The number of aromatic nitrogens is 1. The maximum absolute atomic E-state index is 11.4. The average Bonchev–Trinajstić information content (AvgIpc) is 3.01. The number of anilines is 1. The van der Waals surface area contributed by atoms with Gasteiger partial charge in [0.15, 0.2) is 0 Å². The topological polar surface area (TPSA) is 112 Å². The van der Waals surface area contributed by atoms with E-state index in [2.05, 4.69) is 16.4 Å². The Morgan fingerprint density at radius 2 is 2.00 bits per heavy atom. The number of nitrogens with two attached hydrogens (primary N) is 1. The van der Waals surface area contributed by atoms with Crippen molar-refractivity contribution < 1.29 is 8.42 Å². The Hall–Kier alpha value is -2.82. The molecule has 0 bridgehead atoms. The summed E-state index contributed by atoms with van der Waals surface area (Å²) >= 11 is 0. The van der Waals surface area contributed by atoms with E-state index in [-0.39, 0.29) is 10.5 Å². The lowest BCUT2D eigenvalue weighted by atomic mass is 10.1. The van der Waals surface area contributed by atoms with Crippen LogP contribution in [0.4, 0.5) is 5.69 Å². The van der Waals surface area contributed by atoms with E-state index in [9.17, 15) is 13.7 Å². The average molecular weight is 354 g/mol. The van der Waals surface area contributed by atoms with Crippen LogP contribution in [0.1, 0.15) is 17.5 Å². The predicted molar refractivity (Wildman–Crippen MR) is 97.6 cm³/mol. The Balaban J connectivity index is 1.63. The number of para-hydroxylation sites is 1. The molecule has 4 N–H and O–H groups in total. The minimum absolute atomic E-state index is 0.0617. The Morgan fingerprint density at radius 3 is 2.76 bits per heavy atom. The lowest BCUT2D eigenvalue weighted by molar-refractivity contribution is 0.598. The molecule has 3 aromatic rings. The number of rotatable bonds is 6. The van der Waals surface area contributed by atoms with Crippen LogP contribution in [0, 0.1) is 11.3 Å². The molecule has 1 heterocycles. The molecule has 0 fully saturated rings. The van der Waals surface area contributed by atoms with Crippen molar-refractivity contribution in [2.45, 2.75) is 17.7 Å². The van der Waals surface area contributed by atoms with Crippen molar-refractivity contribution in [1.82, 2.24) is 4.98 Å². The van der Waals surface area contributed by atoms with Gasteiger partial charge in [0.2, 0.25) is 10.0 Å². The molecule has 0 atom stereocenters. The summed E-state index contributed by atoms with van der Waals surface area (Å²) in [7, 11) is -3.81. The number of nitrogens with zero attached hydrogens (tertiary/aromatic N) is 1. The first-order valence-electron chi connectivity index (χ1n) is 7.85. The molecule has 3 rings (SSSR count). The van der Waals surface area contributed by atoms with E-state index in [4.69, 9.17) is 5.14 Å². The maximum atomic E-state index is 11.4. The van der Waals surface area contributed by atoms with Crippen LogP contribution in [0.15, 0.2) is 53.6 Å². The van der Waals surface area contributed by atoms with E-state index in [1.54, 1.807) is 6.07 Å². The monoisotopic (exact) mass is 354 g/mol. The molecule has 0 aliphatic carbocycles. The van der Waals surface area contributed by atoms with E-state index in [0.29, 0.717) is 12.2 Å². The van der Waals surface area contributed by atoms with E-state index in [1.165, 1.54) is 23.1 Å². The molecule has 6 nitrogen and oxygen atoms in total. The van der Waals surface area contributed by atoms with Crippen molar-refractivity contribution >= 4 is 26.6 Å². The summed E-state index contributed by atoms with van der Waals surface area (Å²) in [6, 6.07) is 14.4. The number of hydrogen-bond donors (Lipinski definition) is 3. The third-order valence-corrected chi connectivity index (χ3v) is 4.96. The van der Waals surface area contributed by atoms with Crippen LogP contribution in [-0.2, 0) is 16.4 Å². The first kappa shape index (κ1) is 17.0. The number of nitrogens with one attached hydrogen (secondary N) is 2. The van der Waals surface area contributed by atoms with Crippen molar-refractivity contribution in [2.24, 2.45) is 5.14 Å². The van der Waals surface area contributed by atoms with Gasteiger partial charge < -0.3 is 10.3 Å². The summed E-state index contributed by atoms with van der Waals surface area (Å²) in [5, 5.41) is 18.7. The normalized spacial score (nSPS) is 11.4. The van der Waals surface area contributed by atoms with Gasteiger partial charge in [0.25, 0.3) is 0 Å². The third-order valence-electron chi connectivity index (χ3n) is 4.05. The van der Waals surface area contributed by atoms with E-state index >= 15 is 0 Å². The summed E-state index contributed by atoms with van der Waals surface area (Å²) in [5.74, 6) is 0. The standard InChI is InChI=1S/C18H18N4O2S/c19-11-14-10-15(25(20,23)24)7-8-17(14)21-9-3-4-13-12-22-18-6-2-1-5-16(13)18/h1-2,5-8,10,12,21-22H,3-4,9H2,(H2,20,23,24). The number of nitriles is 1. The van der Waals surface area contributed by atoms with E-state index in [0.717, 1.165) is 18.4 Å². The van der Waals surface area contributed by atoms with Crippen molar-refractivity contribution in [3.63, 3.8) is 0 Å². The predicted octanol–water partition coefficient (Wildman–Crippen LogP) is 2.73. The lowest BCUT2D eigenvalue weighted by Gasteiger charge is -2.09. The van der Waals surface area contributed by atoms with Gasteiger partial charge in [-0.05, 0) is 42.7 Å². The highest BCUT2D eigenvalue weighted by molar-refractivity contribution is 7.89. The van der Waals surface area contributed by atoms with Crippen molar-refractivity contribution in [1.29, 1.82) is 5.26 Å². The smallest absolute Gasteiger partial charge is 0.238 e. The van der Waals surface area contributed by atoms with Crippen LogP contribution in [-0.4, -0.2) is 19.9 Å². The number of primary sulfonamides is 1. The zero-order valence-electron chi connectivity index (χ0n) is 13.5. The number of H-pyrrole nitrogens is 1. The Morgan fingerprint density at radius 1 is 1.20 bits per heavy atom. The number of hydrogen-bond acceptors (Lipinski definition) is 4. The Bertz CT molecular complexity index is 1050. The number of sulfonamides is 1. The van der Waals surface area contributed by atoms with E-state index < -0.39 is 10.0 Å². The SMILES string of the molecule is N#Cc1cc(S(N)(=O)=O)ccc1NCCCc1c[nH]c2ccccc12. The summed E-state index contributed by atoms with van der Waals surface area (Å²) in [5.41, 5.74) is 3.24. The van der Waals surface area contributed by atoms with Crippen LogP contribution in [0.3, 0.4) is 0 Å². The van der Waals surface area contributed by atoms with Gasteiger partial charge in [-0.3, -0.25) is 0 Å². The summed E-state index contributed by atoms with van der Waals surface area (Å²) < 4.78 is 22.7. The summed E-state index contributed by atoms with van der Waals surface area (Å²) in [6.07, 6.45) is 3.80. The second-order valence-electron chi connectivity index (χ2n) is 5.75. The minimum atomic E-state index is -3.81. The van der Waals surface area contributed by atoms with Crippen LogP contribution >= 0.6 is 0 Å². The molecule has 0 saturated carbocycles. The zero-order valence-corrected chi connectivity index (χ0v) is 14.3. The second-order valence-corrected chi connectivity index (χ2v) is 7.32. The van der Waals surface area contributed by atoms with Gasteiger partial charge in [-0.15, -0.1) is 0 Å². The molecule has 0 radical (unpaired) electrons. The summed E-state index contributed by atoms with van der Waals surface area (Å²) in [4.78, 5) is 3.19. The Labute approximate surface area is 146 Å². The molecular weight excluding hydrogens is 336 g/mol. The lowest BCUT2D eigenvalue weighted by Crippen LogP contribution is -2.13. The van der Waals surface area contributed by atoms with Gasteiger partial charge in [0, 0.05) is 23.6 Å². The molecule has 7 heteroatoms. The number of aryl methyl sites for hydroxylation is 1. The number of benzene rings is 2. The van der Waals surface area contributed by atoms with Crippen LogP contribution in [0.2, 0.25) is 0 Å². The molecule has 25 heavy (non-hydrogen) atoms. The third kappa shape index (κ3) is 3.82. The second kappa shape index (κ2) is 6.97. The van der Waals surface area contributed by atoms with E-state index in [1.807, 2.05) is 30.5 Å². The highest BCUT2D eigenvalue weighted by Gasteiger charge is 2.11. The fourth-order valence-corrected chi connectivity index (χ4v) is 3.33. The van der Waals surface area contributed by atoms with Gasteiger partial charge in [-0.2, -0.15) is 5.26 Å². The highest BCUT2D eigenvalue weighted by Crippen LogP contribution is 2.21. The minimum Gasteiger partial charge on any atom is -0.384 e. The van der Waals surface area contributed by atoms with Crippen LogP contribution in [0.25, 0.3) is 10.9 Å². The van der Waals surface area contributed by atoms with Gasteiger partial charge in [-0.1, -0.05) is 18.2 Å². The summed E-state index contributed by atoms with van der Waals surface area (Å²) in [6.45, 7) is 0.670. The molecule has 0 unspecified atom stereocenters. The first-order valence-corrected chi connectivity index (χ1v) is 9.39. The largest absolute Gasteiger partial charge is 0.384 e. The van der Waals surface area contributed by atoms with Gasteiger partial charge >= 0.3 is 0 Å². The van der Waals surface area contributed by atoms with Crippen molar-refractivity contribution in [3.05, 3.63) is 59.8 Å². The fraction of sp³-hybridized carbons (Fsp3) is 0.167. The molecule has 128 valence electrons. The molecule has 1 aromatic heterocycles. The molecule has 2 aromatic carbocycles. The molecule has 0 aliphatic rings. The number of aromatic amines is 1. The number of fused-ring (bicyclic) bond motifs is 1. The molecule has 0 amide bonds. The first-order chi connectivity index (χ1) is 12.0. The molecule has 0 spiro atoms. The maximum Gasteiger partial charge on any atom is 0.238 e. The van der Waals surface area contributed by atoms with Crippen molar-refractivity contribution in [3.8, 4) is 6.07 Å². The Kier molecular flexibility index (Phi) is 4.74. The quantitative estimate of drug-likeness (QED) is 0.591. The van der Waals surface area contributed by atoms with Gasteiger partial charge in [-0.25, -0.2) is 13.6 Å². The molecular formula is C18H18N4O2S. The fourth-order valence-electron chi connectivity index (χ4n) is 2.79. The zero-order chi connectivity index (χ0) is 17.9. The van der Waals surface area contributed by atoms with Gasteiger partial charge in [0.05, 0.1) is 16.1 Å². The van der Waals surface area contributed by atoms with Crippen LogP contribution in [0.5, 0.6) is 0 Å². The molecule has 0 aliphatic heterocycles. The van der Waals surface area contributed by atoms with Gasteiger partial charge in [0.1, 0.15) is 6.07 Å².